The third-order valence-corrected chi connectivity index (χ3v) is 2.67. The maximum absolute atomic E-state index is 4.48. The highest BCUT2D eigenvalue weighted by Gasteiger charge is 2.08. The monoisotopic (exact) mass is 245 g/mol. The number of aromatic nitrogens is 4. The van der Waals surface area contributed by atoms with E-state index in [9.17, 15) is 0 Å². The summed E-state index contributed by atoms with van der Waals surface area (Å²) >= 11 is 0. The summed E-state index contributed by atoms with van der Waals surface area (Å²) in [6.45, 7) is 8.83. The van der Waals surface area contributed by atoms with Crippen LogP contribution in [0.1, 0.15) is 37.1 Å². The van der Waals surface area contributed by atoms with E-state index in [1.54, 1.807) is 6.20 Å². The van der Waals surface area contributed by atoms with Crippen molar-refractivity contribution in [2.24, 2.45) is 0 Å². The third-order valence-electron chi connectivity index (χ3n) is 2.67. The van der Waals surface area contributed by atoms with Gasteiger partial charge in [-0.1, -0.05) is 0 Å². The summed E-state index contributed by atoms with van der Waals surface area (Å²) in [6, 6.07) is 2.30. The number of aryl methyl sites for hydroxylation is 2. The molecule has 0 fully saturated rings. The van der Waals surface area contributed by atoms with Crippen LogP contribution in [0.3, 0.4) is 0 Å². The Morgan fingerprint density at radius 1 is 1.28 bits per heavy atom. The highest BCUT2D eigenvalue weighted by Crippen LogP contribution is 2.15. The van der Waals surface area contributed by atoms with Gasteiger partial charge in [0.25, 0.3) is 0 Å². The minimum absolute atomic E-state index is 0.390. The first kappa shape index (κ1) is 12.5. The van der Waals surface area contributed by atoms with Gasteiger partial charge in [0, 0.05) is 18.4 Å². The first-order valence-electron chi connectivity index (χ1n) is 6.14. The summed E-state index contributed by atoms with van der Waals surface area (Å²) in [6.07, 6.45) is 3.83. The fourth-order valence-electron chi connectivity index (χ4n) is 1.81. The minimum Gasteiger partial charge on any atom is -0.350 e. The van der Waals surface area contributed by atoms with Gasteiger partial charge in [0.2, 0.25) is 5.95 Å². The molecular formula is C13H19N5. The lowest BCUT2D eigenvalue weighted by Gasteiger charge is -2.12. The van der Waals surface area contributed by atoms with Gasteiger partial charge in [-0.3, -0.25) is 0 Å². The molecule has 96 valence electrons. The zero-order valence-corrected chi connectivity index (χ0v) is 11.3. The van der Waals surface area contributed by atoms with Crippen LogP contribution in [-0.2, 0) is 6.54 Å². The maximum atomic E-state index is 4.48. The summed E-state index contributed by atoms with van der Waals surface area (Å²) in [5.41, 5.74) is 1.99. The van der Waals surface area contributed by atoms with Crippen molar-refractivity contribution < 1.29 is 0 Å². The topological polar surface area (TPSA) is 55.6 Å². The zero-order chi connectivity index (χ0) is 13.1. The molecule has 5 nitrogen and oxygen atoms in total. The Morgan fingerprint density at radius 2 is 2.06 bits per heavy atom. The molecule has 0 unspecified atom stereocenters. The molecule has 2 rings (SSSR count). The number of rotatable bonds is 4. The van der Waals surface area contributed by atoms with Crippen molar-refractivity contribution in [1.29, 1.82) is 0 Å². The average molecular weight is 245 g/mol. The van der Waals surface area contributed by atoms with E-state index < -0.39 is 0 Å². The van der Waals surface area contributed by atoms with Crippen LogP contribution in [0.4, 0.5) is 5.95 Å². The lowest BCUT2D eigenvalue weighted by molar-refractivity contribution is 0.604. The lowest BCUT2D eigenvalue weighted by Crippen LogP contribution is -2.10. The number of nitrogens with one attached hydrogen (secondary N) is 1. The second-order valence-electron chi connectivity index (χ2n) is 4.66. The molecule has 0 bridgehead atoms. The number of hydrogen-bond acceptors (Lipinski definition) is 4. The van der Waals surface area contributed by atoms with Crippen LogP contribution in [0.25, 0.3) is 0 Å². The molecule has 0 aromatic carbocycles. The molecule has 0 saturated carbocycles. The summed E-state index contributed by atoms with van der Waals surface area (Å²) < 4.78 is 2.13. The largest absolute Gasteiger partial charge is 0.350 e. The Morgan fingerprint density at radius 3 is 2.72 bits per heavy atom. The molecule has 2 aromatic rings. The number of anilines is 1. The van der Waals surface area contributed by atoms with Gasteiger partial charge in [-0.15, -0.1) is 0 Å². The molecule has 0 amide bonds. The van der Waals surface area contributed by atoms with Crippen LogP contribution in [-0.4, -0.2) is 19.5 Å². The smallest absolute Gasteiger partial charge is 0.203 e. The van der Waals surface area contributed by atoms with Crippen LogP contribution in [0.2, 0.25) is 0 Å². The highest BCUT2D eigenvalue weighted by atomic mass is 15.2. The summed E-state index contributed by atoms with van der Waals surface area (Å²) in [5.74, 6) is 1.68. The molecule has 0 saturated heterocycles. The minimum atomic E-state index is 0.390. The van der Waals surface area contributed by atoms with E-state index >= 15 is 0 Å². The molecule has 0 radical (unpaired) electrons. The van der Waals surface area contributed by atoms with Gasteiger partial charge in [-0.05, 0) is 33.8 Å². The van der Waals surface area contributed by atoms with Crippen LogP contribution < -0.4 is 5.32 Å². The van der Waals surface area contributed by atoms with E-state index in [0.29, 0.717) is 12.6 Å². The standard InChI is InChI=1S/C13H19N5/c1-9(2)18-8-10(3)16-13(18)15-7-12-5-6-14-11(4)17-12/h5-6,8-9H,7H2,1-4H3,(H,15,16). The van der Waals surface area contributed by atoms with Gasteiger partial charge >= 0.3 is 0 Å². The molecule has 0 aliphatic rings. The molecule has 0 spiro atoms. The van der Waals surface area contributed by atoms with E-state index in [-0.39, 0.29) is 0 Å². The third kappa shape index (κ3) is 2.85. The Bertz CT molecular complexity index is 530. The van der Waals surface area contributed by atoms with Crippen molar-refractivity contribution in [3.05, 3.63) is 35.7 Å². The van der Waals surface area contributed by atoms with E-state index in [1.807, 2.05) is 19.9 Å². The first-order chi connectivity index (χ1) is 8.56. The first-order valence-corrected chi connectivity index (χ1v) is 6.14. The van der Waals surface area contributed by atoms with Gasteiger partial charge in [0.15, 0.2) is 0 Å². The van der Waals surface area contributed by atoms with Gasteiger partial charge < -0.3 is 9.88 Å². The molecular weight excluding hydrogens is 226 g/mol. The van der Waals surface area contributed by atoms with Crippen molar-refractivity contribution in [2.75, 3.05) is 5.32 Å². The van der Waals surface area contributed by atoms with E-state index in [2.05, 4.69) is 44.9 Å². The Kier molecular flexibility index (Phi) is 3.60. The van der Waals surface area contributed by atoms with Crippen LogP contribution in [0, 0.1) is 13.8 Å². The summed E-state index contributed by atoms with van der Waals surface area (Å²) in [4.78, 5) is 12.9. The van der Waals surface area contributed by atoms with E-state index in [4.69, 9.17) is 0 Å². The molecule has 0 atom stereocenters. The number of imidazole rings is 1. The number of hydrogen-bond donors (Lipinski definition) is 1. The SMILES string of the molecule is Cc1cn(C(C)C)c(NCc2ccnc(C)n2)n1. The lowest BCUT2D eigenvalue weighted by atomic mass is 10.4. The maximum Gasteiger partial charge on any atom is 0.203 e. The molecule has 18 heavy (non-hydrogen) atoms. The van der Waals surface area contributed by atoms with Crippen molar-refractivity contribution in [1.82, 2.24) is 19.5 Å². The molecule has 2 heterocycles. The normalized spacial score (nSPS) is 10.9. The van der Waals surface area contributed by atoms with Crippen molar-refractivity contribution in [2.45, 2.75) is 40.3 Å². The van der Waals surface area contributed by atoms with E-state index in [1.165, 1.54) is 0 Å². The van der Waals surface area contributed by atoms with E-state index in [0.717, 1.165) is 23.2 Å². The van der Waals surface area contributed by atoms with Crippen LogP contribution in [0.5, 0.6) is 0 Å². The van der Waals surface area contributed by atoms with Gasteiger partial charge in [-0.25, -0.2) is 15.0 Å². The van der Waals surface area contributed by atoms with Crippen molar-refractivity contribution in [3.8, 4) is 0 Å². The summed E-state index contributed by atoms with van der Waals surface area (Å²) in [5, 5.41) is 3.32. The fraction of sp³-hybridized carbons (Fsp3) is 0.462. The Balaban J connectivity index is 2.10. The molecule has 1 N–H and O–H groups in total. The Hall–Kier alpha value is -1.91. The second kappa shape index (κ2) is 5.16. The zero-order valence-electron chi connectivity index (χ0n) is 11.3. The average Bonchev–Trinajstić information content (AvgIpc) is 2.68. The summed E-state index contributed by atoms with van der Waals surface area (Å²) in [7, 11) is 0. The predicted octanol–water partition coefficient (Wildman–Crippen LogP) is 2.48. The molecule has 0 aliphatic heterocycles. The fourth-order valence-corrected chi connectivity index (χ4v) is 1.81. The Labute approximate surface area is 107 Å². The van der Waals surface area contributed by atoms with Crippen molar-refractivity contribution in [3.63, 3.8) is 0 Å². The van der Waals surface area contributed by atoms with Gasteiger partial charge in [-0.2, -0.15) is 0 Å². The predicted molar refractivity (Wildman–Crippen MR) is 71.4 cm³/mol. The second-order valence-corrected chi connectivity index (χ2v) is 4.66. The highest BCUT2D eigenvalue weighted by molar-refractivity contribution is 5.30. The van der Waals surface area contributed by atoms with Gasteiger partial charge in [0.05, 0.1) is 17.9 Å². The van der Waals surface area contributed by atoms with Crippen LogP contribution in [0.15, 0.2) is 18.5 Å². The number of nitrogens with zero attached hydrogens (tertiary/aromatic N) is 4. The van der Waals surface area contributed by atoms with Crippen LogP contribution >= 0.6 is 0 Å². The molecule has 0 aliphatic carbocycles. The van der Waals surface area contributed by atoms with Crippen molar-refractivity contribution >= 4 is 5.95 Å². The molecule has 2 aromatic heterocycles. The quantitative estimate of drug-likeness (QED) is 0.899. The van der Waals surface area contributed by atoms with Gasteiger partial charge in [0.1, 0.15) is 5.82 Å². The molecule has 5 heteroatoms.